The van der Waals surface area contributed by atoms with Gasteiger partial charge in [-0.05, 0) is 48.9 Å². The van der Waals surface area contributed by atoms with Crippen molar-refractivity contribution in [2.24, 2.45) is 0 Å². The van der Waals surface area contributed by atoms with Gasteiger partial charge in [-0.1, -0.05) is 6.07 Å². The van der Waals surface area contributed by atoms with Crippen LogP contribution in [0.25, 0.3) is 0 Å². The maximum absolute atomic E-state index is 13.5. The van der Waals surface area contributed by atoms with E-state index >= 15 is 0 Å². The van der Waals surface area contributed by atoms with E-state index in [0.717, 1.165) is 11.8 Å². The van der Waals surface area contributed by atoms with Crippen LogP contribution in [0.5, 0.6) is 0 Å². The van der Waals surface area contributed by atoms with Crippen LogP contribution in [0.1, 0.15) is 15.9 Å². The molecule has 1 amide bonds. The summed E-state index contributed by atoms with van der Waals surface area (Å²) >= 11 is 0. The van der Waals surface area contributed by atoms with Crippen molar-refractivity contribution in [1.29, 1.82) is 0 Å². The zero-order valence-electron chi connectivity index (χ0n) is 15.0. The van der Waals surface area contributed by atoms with Gasteiger partial charge < -0.3 is 14.5 Å². The van der Waals surface area contributed by atoms with Crippen LogP contribution in [0.15, 0.2) is 42.5 Å². The van der Waals surface area contributed by atoms with E-state index in [1.165, 1.54) is 24.3 Å². The fourth-order valence-electron chi connectivity index (χ4n) is 2.89. The van der Waals surface area contributed by atoms with Crippen molar-refractivity contribution in [1.82, 2.24) is 4.90 Å². The van der Waals surface area contributed by atoms with E-state index in [1.54, 1.807) is 24.0 Å². The number of nitrogens with zero attached hydrogens (tertiary/aromatic N) is 2. The standard InChI is InChI=1S/C20H20F2N2O3/c1-14-2-3-15(12-18(14)22)20(26)27-13-19(25)24-10-8-23(9-11-24)17-6-4-16(21)5-7-17/h2-7,12H,8-11,13H2,1H3. The predicted octanol–water partition coefficient (Wildman–Crippen LogP) is 2.78. The maximum Gasteiger partial charge on any atom is 0.338 e. The van der Waals surface area contributed by atoms with Gasteiger partial charge in [-0.2, -0.15) is 0 Å². The Kier molecular flexibility index (Phi) is 5.69. The third kappa shape index (κ3) is 4.61. The molecule has 0 unspecified atom stereocenters. The summed E-state index contributed by atoms with van der Waals surface area (Å²) in [6.45, 7) is 3.38. The maximum atomic E-state index is 13.5. The van der Waals surface area contributed by atoms with E-state index < -0.39 is 11.8 Å². The van der Waals surface area contributed by atoms with Gasteiger partial charge in [0.2, 0.25) is 0 Å². The van der Waals surface area contributed by atoms with Gasteiger partial charge in [0.05, 0.1) is 5.56 Å². The van der Waals surface area contributed by atoms with E-state index in [9.17, 15) is 18.4 Å². The van der Waals surface area contributed by atoms with Gasteiger partial charge in [0.1, 0.15) is 11.6 Å². The Morgan fingerprint density at radius 1 is 1.00 bits per heavy atom. The Labute approximate surface area is 156 Å². The van der Waals surface area contributed by atoms with Crippen LogP contribution in [0.4, 0.5) is 14.5 Å². The van der Waals surface area contributed by atoms with Crippen LogP contribution < -0.4 is 4.90 Å². The second kappa shape index (κ2) is 8.16. The molecule has 1 aliphatic heterocycles. The first-order valence-corrected chi connectivity index (χ1v) is 8.65. The Bertz CT molecular complexity index is 832. The molecule has 7 heteroatoms. The van der Waals surface area contributed by atoms with Crippen molar-refractivity contribution in [3.8, 4) is 0 Å². The minimum absolute atomic E-state index is 0.0760. The smallest absolute Gasteiger partial charge is 0.338 e. The highest BCUT2D eigenvalue weighted by Gasteiger charge is 2.22. The molecular weight excluding hydrogens is 354 g/mol. The Balaban J connectivity index is 1.48. The molecule has 3 rings (SSSR count). The van der Waals surface area contributed by atoms with E-state index in [1.807, 2.05) is 0 Å². The summed E-state index contributed by atoms with van der Waals surface area (Å²) in [5, 5.41) is 0. The minimum Gasteiger partial charge on any atom is -0.452 e. The summed E-state index contributed by atoms with van der Waals surface area (Å²) in [4.78, 5) is 27.9. The van der Waals surface area contributed by atoms with Gasteiger partial charge in [-0.15, -0.1) is 0 Å². The molecule has 2 aromatic carbocycles. The fourth-order valence-corrected chi connectivity index (χ4v) is 2.89. The lowest BCUT2D eigenvalue weighted by atomic mass is 10.1. The summed E-state index contributed by atoms with van der Waals surface area (Å²) < 4.78 is 31.5. The molecule has 1 saturated heterocycles. The second-order valence-corrected chi connectivity index (χ2v) is 6.38. The van der Waals surface area contributed by atoms with Gasteiger partial charge in [0.25, 0.3) is 5.91 Å². The number of carbonyl (C=O) groups excluding carboxylic acids is 2. The highest BCUT2D eigenvalue weighted by molar-refractivity contribution is 5.91. The summed E-state index contributed by atoms with van der Waals surface area (Å²) in [7, 11) is 0. The molecule has 1 heterocycles. The van der Waals surface area contributed by atoms with E-state index in [-0.39, 0.29) is 23.9 Å². The monoisotopic (exact) mass is 374 g/mol. The number of amides is 1. The quantitative estimate of drug-likeness (QED) is 0.773. The molecule has 0 radical (unpaired) electrons. The average Bonchev–Trinajstić information content (AvgIpc) is 2.68. The molecule has 1 fully saturated rings. The van der Waals surface area contributed by atoms with Crippen LogP contribution in [0.2, 0.25) is 0 Å². The molecule has 0 aliphatic carbocycles. The number of halogens is 2. The third-order valence-electron chi connectivity index (χ3n) is 4.56. The number of aryl methyl sites for hydroxylation is 1. The zero-order valence-corrected chi connectivity index (χ0v) is 15.0. The van der Waals surface area contributed by atoms with Gasteiger partial charge in [0, 0.05) is 31.9 Å². The summed E-state index contributed by atoms with van der Waals surface area (Å²) in [5.41, 5.74) is 1.41. The van der Waals surface area contributed by atoms with Gasteiger partial charge in [0.15, 0.2) is 6.61 Å². The molecule has 0 N–H and O–H groups in total. The molecule has 0 spiro atoms. The first kappa shape index (κ1) is 18.8. The van der Waals surface area contributed by atoms with E-state index in [2.05, 4.69) is 4.90 Å². The van der Waals surface area contributed by atoms with Crippen molar-refractivity contribution < 1.29 is 23.1 Å². The van der Waals surface area contributed by atoms with Crippen LogP contribution in [0, 0.1) is 18.6 Å². The van der Waals surface area contributed by atoms with Gasteiger partial charge in [-0.3, -0.25) is 4.79 Å². The van der Waals surface area contributed by atoms with Crippen molar-refractivity contribution in [2.45, 2.75) is 6.92 Å². The lowest BCUT2D eigenvalue weighted by Crippen LogP contribution is -2.49. The van der Waals surface area contributed by atoms with Crippen LogP contribution in [-0.2, 0) is 9.53 Å². The van der Waals surface area contributed by atoms with Crippen molar-refractivity contribution in [2.75, 3.05) is 37.7 Å². The predicted molar refractivity (Wildman–Crippen MR) is 96.6 cm³/mol. The van der Waals surface area contributed by atoms with Crippen molar-refractivity contribution in [3.63, 3.8) is 0 Å². The lowest BCUT2D eigenvalue weighted by molar-refractivity contribution is -0.134. The first-order valence-electron chi connectivity index (χ1n) is 8.65. The van der Waals surface area contributed by atoms with Gasteiger partial charge >= 0.3 is 5.97 Å². The number of esters is 1. The largest absolute Gasteiger partial charge is 0.452 e. The number of hydrogen-bond acceptors (Lipinski definition) is 4. The number of anilines is 1. The Morgan fingerprint density at radius 2 is 1.67 bits per heavy atom. The molecule has 2 aromatic rings. The summed E-state index contributed by atoms with van der Waals surface area (Å²) in [6.07, 6.45) is 0. The molecule has 0 aromatic heterocycles. The number of benzene rings is 2. The van der Waals surface area contributed by atoms with Crippen molar-refractivity contribution >= 4 is 17.6 Å². The SMILES string of the molecule is Cc1ccc(C(=O)OCC(=O)N2CCN(c3ccc(F)cc3)CC2)cc1F. The molecule has 0 saturated carbocycles. The second-order valence-electron chi connectivity index (χ2n) is 6.38. The molecule has 0 atom stereocenters. The Hall–Kier alpha value is -2.96. The van der Waals surface area contributed by atoms with Gasteiger partial charge in [-0.25, -0.2) is 13.6 Å². The Morgan fingerprint density at radius 3 is 2.30 bits per heavy atom. The third-order valence-corrected chi connectivity index (χ3v) is 4.56. The average molecular weight is 374 g/mol. The summed E-state index contributed by atoms with van der Waals surface area (Å²) in [6, 6.07) is 10.3. The molecule has 142 valence electrons. The number of carbonyl (C=O) groups is 2. The normalized spacial score (nSPS) is 14.2. The molecule has 5 nitrogen and oxygen atoms in total. The molecule has 0 bridgehead atoms. The lowest BCUT2D eigenvalue weighted by Gasteiger charge is -2.36. The molecule has 1 aliphatic rings. The summed E-state index contributed by atoms with van der Waals surface area (Å²) in [5.74, 6) is -1.81. The van der Waals surface area contributed by atoms with Crippen molar-refractivity contribution in [3.05, 3.63) is 65.2 Å². The fraction of sp³-hybridized carbons (Fsp3) is 0.300. The number of piperazine rings is 1. The highest BCUT2D eigenvalue weighted by Crippen LogP contribution is 2.17. The van der Waals surface area contributed by atoms with E-state index in [0.29, 0.717) is 31.7 Å². The topological polar surface area (TPSA) is 49.9 Å². The number of rotatable bonds is 4. The van der Waals surface area contributed by atoms with Crippen LogP contribution in [-0.4, -0.2) is 49.6 Å². The number of ether oxygens (including phenoxy) is 1. The van der Waals surface area contributed by atoms with Crippen LogP contribution >= 0.6 is 0 Å². The highest BCUT2D eigenvalue weighted by atomic mass is 19.1. The molecular formula is C20H20F2N2O3. The van der Waals surface area contributed by atoms with E-state index in [4.69, 9.17) is 4.74 Å². The molecule has 27 heavy (non-hydrogen) atoms. The minimum atomic E-state index is -0.729. The zero-order chi connectivity index (χ0) is 19.4. The first-order chi connectivity index (χ1) is 12.9. The van der Waals surface area contributed by atoms with Crippen LogP contribution in [0.3, 0.4) is 0 Å². The number of hydrogen-bond donors (Lipinski definition) is 0.